The standard InChI is InChI=1S/C15H29NO3/c1-3-5-6-12(4-2)9-14-10-13(11-17)7-8-16(14)15(18)19/h12-14,17H,3-11H2,1-2H3,(H,18,19). The van der Waals surface area contributed by atoms with Gasteiger partial charge in [-0.1, -0.05) is 39.5 Å². The highest BCUT2D eigenvalue weighted by atomic mass is 16.4. The first kappa shape index (κ1) is 16.3. The van der Waals surface area contributed by atoms with E-state index in [1.807, 2.05) is 0 Å². The number of nitrogens with zero attached hydrogens (tertiary/aromatic N) is 1. The van der Waals surface area contributed by atoms with Gasteiger partial charge < -0.3 is 15.1 Å². The van der Waals surface area contributed by atoms with E-state index in [0.29, 0.717) is 12.5 Å². The number of hydrogen-bond donors (Lipinski definition) is 2. The van der Waals surface area contributed by atoms with Crippen molar-refractivity contribution >= 4 is 6.09 Å². The molecular formula is C15H29NO3. The lowest BCUT2D eigenvalue weighted by atomic mass is 9.84. The monoisotopic (exact) mass is 271 g/mol. The van der Waals surface area contributed by atoms with Gasteiger partial charge in [-0.05, 0) is 31.1 Å². The Balaban J connectivity index is 2.59. The van der Waals surface area contributed by atoms with Gasteiger partial charge in [0.15, 0.2) is 0 Å². The first-order chi connectivity index (χ1) is 9.12. The SMILES string of the molecule is CCCCC(CC)CC1CC(CO)CCN1C(=O)O. The molecule has 112 valence electrons. The quantitative estimate of drug-likeness (QED) is 0.746. The van der Waals surface area contributed by atoms with E-state index in [1.54, 1.807) is 4.90 Å². The van der Waals surface area contributed by atoms with Crippen molar-refractivity contribution in [1.29, 1.82) is 0 Å². The number of aliphatic hydroxyl groups is 1. The van der Waals surface area contributed by atoms with Crippen molar-refractivity contribution < 1.29 is 15.0 Å². The first-order valence-electron chi connectivity index (χ1n) is 7.72. The highest BCUT2D eigenvalue weighted by molar-refractivity contribution is 5.65. The van der Waals surface area contributed by atoms with E-state index in [9.17, 15) is 15.0 Å². The van der Waals surface area contributed by atoms with Crippen LogP contribution in [0.5, 0.6) is 0 Å². The first-order valence-corrected chi connectivity index (χ1v) is 7.72. The molecule has 1 saturated heterocycles. The maximum Gasteiger partial charge on any atom is 0.407 e. The summed E-state index contributed by atoms with van der Waals surface area (Å²) in [7, 11) is 0. The fourth-order valence-electron chi connectivity index (χ4n) is 3.14. The predicted molar refractivity (Wildman–Crippen MR) is 76.3 cm³/mol. The summed E-state index contributed by atoms with van der Waals surface area (Å²) in [6, 6.07) is 0.102. The average Bonchev–Trinajstić information content (AvgIpc) is 2.42. The molecule has 1 amide bonds. The number of rotatable bonds is 7. The van der Waals surface area contributed by atoms with Crippen LogP contribution in [0, 0.1) is 11.8 Å². The fraction of sp³-hybridized carbons (Fsp3) is 0.933. The van der Waals surface area contributed by atoms with E-state index in [2.05, 4.69) is 13.8 Å². The highest BCUT2D eigenvalue weighted by Crippen LogP contribution is 2.29. The third kappa shape index (κ3) is 5.01. The molecule has 4 nitrogen and oxygen atoms in total. The molecule has 1 rings (SSSR count). The van der Waals surface area contributed by atoms with Gasteiger partial charge >= 0.3 is 6.09 Å². The van der Waals surface area contributed by atoms with E-state index in [1.165, 1.54) is 19.3 Å². The molecule has 0 aromatic heterocycles. The minimum Gasteiger partial charge on any atom is -0.465 e. The van der Waals surface area contributed by atoms with Crippen molar-refractivity contribution in [3.05, 3.63) is 0 Å². The van der Waals surface area contributed by atoms with E-state index >= 15 is 0 Å². The van der Waals surface area contributed by atoms with Gasteiger partial charge in [-0.2, -0.15) is 0 Å². The number of carbonyl (C=O) groups is 1. The van der Waals surface area contributed by atoms with E-state index in [4.69, 9.17) is 0 Å². The molecule has 0 saturated carbocycles. The summed E-state index contributed by atoms with van der Waals surface area (Å²) in [6.07, 6.45) is 6.52. The van der Waals surface area contributed by atoms with Crippen molar-refractivity contribution in [3.63, 3.8) is 0 Å². The summed E-state index contributed by atoms with van der Waals surface area (Å²) in [6.45, 7) is 5.15. The maximum atomic E-state index is 11.3. The van der Waals surface area contributed by atoms with Gasteiger partial charge in [0.1, 0.15) is 0 Å². The molecule has 19 heavy (non-hydrogen) atoms. The van der Waals surface area contributed by atoms with Gasteiger partial charge in [-0.3, -0.25) is 0 Å². The number of unbranched alkanes of at least 4 members (excludes halogenated alkanes) is 1. The lowest BCUT2D eigenvalue weighted by Gasteiger charge is -2.39. The largest absolute Gasteiger partial charge is 0.465 e. The summed E-state index contributed by atoms with van der Waals surface area (Å²) < 4.78 is 0. The van der Waals surface area contributed by atoms with Gasteiger partial charge in [0.25, 0.3) is 0 Å². The van der Waals surface area contributed by atoms with Gasteiger partial charge in [-0.25, -0.2) is 4.79 Å². The second-order valence-corrected chi connectivity index (χ2v) is 5.85. The van der Waals surface area contributed by atoms with Gasteiger partial charge in [-0.15, -0.1) is 0 Å². The van der Waals surface area contributed by atoms with Crippen LogP contribution in [-0.2, 0) is 0 Å². The van der Waals surface area contributed by atoms with Crippen molar-refractivity contribution in [1.82, 2.24) is 4.90 Å². The number of amides is 1. The summed E-state index contributed by atoms with van der Waals surface area (Å²) in [5.74, 6) is 0.897. The second kappa shape index (κ2) is 8.41. The Morgan fingerprint density at radius 1 is 1.42 bits per heavy atom. The Hall–Kier alpha value is -0.770. The van der Waals surface area contributed by atoms with Crippen molar-refractivity contribution in [2.75, 3.05) is 13.2 Å². The molecule has 1 fully saturated rings. The van der Waals surface area contributed by atoms with E-state index < -0.39 is 6.09 Å². The molecule has 0 aromatic carbocycles. The van der Waals surface area contributed by atoms with Crippen LogP contribution in [-0.4, -0.2) is 40.4 Å². The minimum atomic E-state index is -0.799. The lowest BCUT2D eigenvalue weighted by molar-refractivity contribution is 0.0613. The Labute approximate surface area is 116 Å². The van der Waals surface area contributed by atoms with Crippen LogP contribution in [0.2, 0.25) is 0 Å². The number of likely N-dealkylation sites (tertiary alicyclic amines) is 1. The van der Waals surface area contributed by atoms with Crippen LogP contribution in [0.3, 0.4) is 0 Å². The third-order valence-corrected chi connectivity index (χ3v) is 4.48. The Bertz CT molecular complexity index is 270. The van der Waals surface area contributed by atoms with Crippen molar-refractivity contribution in [2.45, 2.75) is 64.8 Å². The number of carboxylic acid groups (broad SMARTS) is 1. The molecule has 1 aliphatic heterocycles. The molecule has 0 radical (unpaired) electrons. The van der Waals surface area contributed by atoms with Crippen LogP contribution in [0.1, 0.15) is 58.8 Å². The van der Waals surface area contributed by atoms with Crippen LogP contribution in [0.4, 0.5) is 4.79 Å². The Morgan fingerprint density at radius 2 is 2.16 bits per heavy atom. The van der Waals surface area contributed by atoms with Gasteiger partial charge in [0.2, 0.25) is 0 Å². The molecule has 3 unspecified atom stereocenters. The summed E-state index contributed by atoms with van der Waals surface area (Å²) in [5, 5.41) is 18.6. The number of aliphatic hydroxyl groups excluding tert-OH is 1. The zero-order chi connectivity index (χ0) is 14.3. The number of piperidine rings is 1. The average molecular weight is 271 g/mol. The molecule has 0 bridgehead atoms. The maximum absolute atomic E-state index is 11.3. The zero-order valence-electron chi connectivity index (χ0n) is 12.3. The van der Waals surface area contributed by atoms with Crippen molar-refractivity contribution in [3.8, 4) is 0 Å². The summed E-state index contributed by atoms with van der Waals surface area (Å²) in [4.78, 5) is 12.9. The Morgan fingerprint density at radius 3 is 2.68 bits per heavy atom. The third-order valence-electron chi connectivity index (χ3n) is 4.48. The topological polar surface area (TPSA) is 60.8 Å². The molecule has 4 heteroatoms. The molecule has 1 heterocycles. The zero-order valence-corrected chi connectivity index (χ0v) is 12.3. The highest BCUT2D eigenvalue weighted by Gasteiger charge is 2.32. The van der Waals surface area contributed by atoms with Gasteiger partial charge in [0.05, 0.1) is 0 Å². The van der Waals surface area contributed by atoms with Crippen LogP contribution < -0.4 is 0 Å². The normalized spacial score (nSPS) is 25.3. The lowest BCUT2D eigenvalue weighted by Crippen LogP contribution is -2.46. The fourth-order valence-corrected chi connectivity index (χ4v) is 3.14. The molecule has 3 atom stereocenters. The second-order valence-electron chi connectivity index (χ2n) is 5.85. The predicted octanol–water partition coefficient (Wildman–Crippen LogP) is 3.34. The molecule has 1 aliphatic rings. The number of hydrogen-bond acceptors (Lipinski definition) is 2. The van der Waals surface area contributed by atoms with Crippen molar-refractivity contribution in [2.24, 2.45) is 11.8 Å². The van der Waals surface area contributed by atoms with E-state index in [-0.39, 0.29) is 18.6 Å². The molecule has 0 aromatic rings. The van der Waals surface area contributed by atoms with Crippen LogP contribution in [0.25, 0.3) is 0 Å². The van der Waals surface area contributed by atoms with Gasteiger partial charge in [0, 0.05) is 19.2 Å². The molecular weight excluding hydrogens is 242 g/mol. The summed E-state index contributed by atoms with van der Waals surface area (Å²) in [5.41, 5.74) is 0. The molecule has 0 aliphatic carbocycles. The van der Waals surface area contributed by atoms with Crippen LogP contribution >= 0.6 is 0 Å². The Kier molecular flexibility index (Phi) is 7.21. The van der Waals surface area contributed by atoms with Crippen LogP contribution in [0.15, 0.2) is 0 Å². The molecule has 0 spiro atoms. The summed E-state index contributed by atoms with van der Waals surface area (Å²) >= 11 is 0. The smallest absolute Gasteiger partial charge is 0.407 e. The van der Waals surface area contributed by atoms with E-state index in [0.717, 1.165) is 25.7 Å². The minimum absolute atomic E-state index is 0.102. The molecule has 2 N–H and O–H groups in total.